The van der Waals surface area contributed by atoms with Gasteiger partial charge in [-0.3, -0.25) is 0 Å². The molecule has 1 aliphatic rings. The molecule has 1 N–H and O–H groups in total. The number of rotatable bonds is 7. The zero-order valence-electron chi connectivity index (χ0n) is 17.0. The van der Waals surface area contributed by atoms with Crippen molar-refractivity contribution in [1.82, 2.24) is 5.32 Å². The summed E-state index contributed by atoms with van der Waals surface area (Å²) in [5, 5.41) is 2.96. The van der Waals surface area contributed by atoms with E-state index in [-0.39, 0.29) is 12.0 Å². The molecule has 0 radical (unpaired) electrons. The summed E-state index contributed by atoms with van der Waals surface area (Å²) < 4.78 is 5.25. The van der Waals surface area contributed by atoms with Gasteiger partial charge in [-0.15, -0.1) is 0 Å². The average molecular weight is 399 g/mol. The Labute approximate surface area is 177 Å². The highest BCUT2D eigenvalue weighted by Crippen LogP contribution is 2.40. The maximum Gasteiger partial charge on any atom is 0.338 e. The first-order valence-corrected chi connectivity index (χ1v) is 10.1. The number of nitrogens with one attached hydrogen (secondary N) is 1. The third-order valence-corrected chi connectivity index (χ3v) is 5.13. The van der Waals surface area contributed by atoms with Crippen LogP contribution in [0.3, 0.4) is 0 Å². The number of carbonyl (C=O) groups is 1. The zero-order chi connectivity index (χ0) is 20.8. The number of aliphatic imine (C=N–C) groups is 1. The van der Waals surface area contributed by atoms with Gasteiger partial charge < -0.3 is 15.0 Å². The summed E-state index contributed by atoms with van der Waals surface area (Å²) in [6, 6.07) is 28.2. The smallest absolute Gasteiger partial charge is 0.338 e. The van der Waals surface area contributed by atoms with E-state index in [2.05, 4.69) is 22.3 Å². The first-order chi connectivity index (χ1) is 14.8. The van der Waals surface area contributed by atoms with Crippen LogP contribution >= 0.6 is 0 Å². The van der Waals surface area contributed by atoms with Crippen LogP contribution in [0.5, 0.6) is 0 Å². The van der Waals surface area contributed by atoms with E-state index < -0.39 is 0 Å². The van der Waals surface area contributed by atoms with Crippen molar-refractivity contribution < 1.29 is 9.53 Å². The maximum absolute atomic E-state index is 12.1. The van der Waals surface area contributed by atoms with Crippen LogP contribution < -0.4 is 10.2 Å². The SMILES string of the molecule is CNCCOC(=O)c1ccc(C2C/C(=N\c3ccccc3)N2c2ccccc2)cc1. The topological polar surface area (TPSA) is 53.9 Å². The third kappa shape index (κ3) is 4.42. The largest absolute Gasteiger partial charge is 0.461 e. The van der Waals surface area contributed by atoms with E-state index in [4.69, 9.17) is 9.73 Å². The first-order valence-electron chi connectivity index (χ1n) is 10.1. The summed E-state index contributed by atoms with van der Waals surface area (Å²) >= 11 is 0. The zero-order valence-corrected chi connectivity index (χ0v) is 17.0. The van der Waals surface area contributed by atoms with Gasteiger partial charge in [0.15, 0.2) is 0 Å². The molecule has 30 heavy (non-hydrogen) atoms. The highest BCUT2D eigenvalue weighted by molar-refractivity contribution is 6.06. The Balaban J connectivity index is 1.54. The molecule has 1 heterocycles. The molecule has 3 aromatic rings. The lowest BCUT2D eigenvalue weighted by Gasteiger charge is -2.44. The number of nitrogens with zero attached hydrogens (tertiary/aromatic N) is 2. The van der Waals surface area contributed by atoms with E-state index >= 15 is 0 Å². The van der Waals surface area contributed by atoms with Crippen molar-refractivity contribution >= 4 is 23.2 Å². The number of likely N-dealkylation sites (N-methyl/N-ethyl adjacent to an activating group) is 1. The van der Waals surface area contributed by atoms with Crippen LogP contribution in [0.1, 0.15) is 28.4 Å². The Morgan fingerprint density at radius 2 is 1.67 bits per heavy atom. The molecule has 4 rings (SSSR count). The van der Waals surface area contributed by atoms with Gasteiger partial charge in [0, 0.05) is 18.7 Å². The van der Waals surface area contributed by atoms with Crippen LogP contribution in [0.4, 0.5) is 11.4 Å². The van der Waals surface area contributed by atoms with E-state index in [0.29, 0.717) is 18.7 Å². The fourth-order valence-electron chi connectivity index (χ4n) is 3.54. The minimum Gasteiger partial charge on any atom is -0.461 e. The van der Waals surface area contributed by atoms with Crippen molar-refractivity contribution in [3.63, 3.8) is 0 Å². The predicted molar refractivity (Wildman–Crippen MR) is 120 cm³/mol. The van der Waals surface area contributed by atoms with Crippen LogP contribution in [0, 0.1) is 0 Å². The standard InChI is InChI=1S/C25H25N3O2/c1-26-16-17-30-25(29)20-14-12-19(13-15-20)23-18-24(27-21-8-4-2-5-9-21)28(23)22-10-6-3-7-11-22/h2-15,23,26H,16-18H2,1H3/b27-24+. The monoisotopic (exact) mass is 399 g/mol. The summed E-state index contributed by atoms with van der Waals surface area (Å²) in [5.41, 5.74) is 3.78. The molecule has 5 heteroatoms. The van der Waals surface area contributed by atoms with Crippen LogP contribution in [-0.4, -0.2) is 32.0 Å². The predicted octanol–water partition coefficient (Wildman–Crippen LogP) is 4.74. The molecule has 1 aliphatic heterocycles. The van der Waals surface area contributed by atoms with E-state index in [0.717, 1.165) is 29.2 Å². The van der Waals surface area contributed by atoms with Crippen LogP contribution in [-0.2, 0) is 4.74 Å². The highest BCUT2D eigenvalue weighted by Gasteiger charge is 2.36. The minimum absolute atomic E-state index is 0.184. The highest BCUT2D eigenvalue weighted by atomic mass is 16.5. The third-order valence-electron chi connectivity index (χ3n) is 5.13. The molecule has 1 saturated heterocycles. The fourth-order valence-corrected chi connectivity index (χ4v) is 3.54. The number of hydrogen-bond acceptors (Lipinski definition) is 4. The summed E-state index contributed by atoms with van der Waals surface area (Å²) in [4.78, 5) is 19.3. The van der Waals surface area contributed by atoms with Crippen LogP contribution in [0.15, 0.2) is 89.9 Å². The Bertz CT molecular complexity index is 1000. The Morgan fingerprint density at radius 3 is 2.33 bits per heavy atom. The lowest BCUT2D eigenvalue weighted by atomic mass is 9.91. The van der Waals surface area contributed by atoms with E-state index in [9.17, 15) is 4.79 Å². The number of hydrogen-bond donors (Lipinski definition) is 1. The Hall–Kier alpha value is -3.44. The molecule has 1 fully saturated rings. The van der Waals surface area contributed by atoms with Crippen LogP contribution in [0.2, 0.25) is 0 Å². The lowest BCUT2D eigenvalue weighted by molar-refractivity contribution is 0.0510. The molecule has 152 valence electrons. The molecule has 5 nitrogen and oxygen atoms in total. The number of anilines is 1. The maximum atomic E-state index is 12.1. The van der Waals surface area contributed by atoms with Crippen molar-refractivity contribution in [2.24, 2.45) is 4.99 Å². The van der Waals surface area contributed by atoms with Gasteiger partial charge in [0.05, 0.1) is 17.3 Å². The van der Waals surface area contributed by atoms with Gasteiger partial charge in [0.1, 0.15) is 12.4 Å². The minimum atomic E-state index is -0.295. The Morgan fingerprint density at radius 1 is 1.00 bits per heavy atom. The van der Waals surface area contributed by atoms with Gasteiger partial charge in [-0.2, -0.15) is 0 Å². The van der Waals surface area contributed by atoms with Crippen molar-refractivity contribution in [3.05, 3.63) is 96.1 Å². The number of amidine groups is 1. The summed E-state index contributed by atoms with van der Waals surface area (Å²) in [7, 11) is 1.83. The van der Waals surface area contributed by atoms with Crippen molar-refractivity contribution in [3.8, 4) is 0 Å². The van der Waals surface area contributed by atoms with Gasteiger partial charge in [0.25, 0.3) is 0 Å². The quantitative estimate of drug-likeness (QED) is 0.460. The average Bonchev–Trinajstić information content (AvgIpc) is 2.78. The first kappa shape index (κ1) is 19.9. The van der Waals surface area contributed by atoms with Crippen molar-refractivity contribution in [2.75, 3.05) is 25.1 Å². The molecule has 0 bridgehead atoms. The molecule has 1 atom stereocenters. The van der Waals surface area contributed by atoms with Gasteiger partial charge in [-0.1, -0.05) is 48.5 Å². The van der Waals surface area contributed by atoms with Gasteiger partial charge in [0.2, 0.25) is 0 Å². The van der Waals surface area contributed by atoms with E-state index in [1.54, 1.807) is 0 Å². The summed E-state index contributed by atoms with van der Waals surface area (Å²) in [5.74, 6) is 0.740. The fraction of sp³-hybridized carbons (Fsp3) is 0.200. The van der Waals surface area contributed by atoms with Gasteiger partial charge in [-0.25, -0.2) is 9.79 Å². The van der Waals surface area contributed by atoms with Gasteiger partial charge >= 0.3 is 5.97 Å². The molecule has 3 aromatic carbocycles. The summed E-state index contributed by atoms with van der Waals surface area (Å²) in [6.07, 6.45) is 0.843. The number of carbonyl (C=O) groups excluding carboxylic acids is 1. The molecule has 0 aliphatic carbocycles. The molecule has 0 aromatic heterocycles. The number of ether oxygens (including phenoxy) is 1. The second kappa shape index (κ2) is 9.37. The number of esters is 1. The molecule has 0 spiro atoms. The van der Waals surface area contributed by atoms with Gasteiger partial charge in [-0.05, 0) is 49.0 Å². The van der Waals surface area contributed by atoms with E-state index in [1.165, 1.54) is 0 Å². The molecule has 1 unspecified atom stereocenters. The molecule has 0 saturated carbocycles. The molecular weight excluding hydrogens is 374 g/mol. The number of benzene rings is 3. The lowest BCUT2D eigenvalue weighted by Crippen LogP contribution is -2.46. The normalized spacial score (nSPS) is 16.9. The Kier molecular flexibility index (Phi) is 6.20. The second-order valence-corrected chi connectivity index (χ2v) is 7.15. The summed E-state index contributed by atoms with van der Waals surface area (Å²) in [6.45, 7) is 1.00. The molecular formula is C25H25N3O2. The van der Waals surface area contributed by atoms with Crippen LogP contribution in [0.25, 0.3) is 0 Å². The van der Waals surface area contributed by atoms with E-state index in [1.807, 2.05) is 79.8 Å². The second-order valence-electron chi connectivity index (χ2n) is 7.15. The molecule has 0 amide bonds. The van der Waals surface area contributed by atoms with Crippen molar-refractivity contribution in [2.45, 2.75) is 12.5 Å². The van der Waals surface area contributed by atoms with Crippen molar-refractivity contribution in [1.29, 1.82) is 0 Å². The number of para-hydroxylation sites is 2.